The topological polar surface area (TPSA) is 50.3 Å². The van der Waals surface area contributed by atoms with Crippen LogP contribution < -0.4 is 15.0 Å². The summed E-state index contributed by atoms with van der Waals surface area (Å²) in [4.78, 5) is 11.4. The number of halogens is 2. The lowest BCUT2D eigenvalue weighted by Gasteiger charge is -2.41. The zero-order valence-corrected chi connectivity index (χ0v) is 18.2. The molecule has 0 radical (unpaired) electrons. The van der Waals surface area contributed by atoms with Crippen molar-refractivity contribution in [2.75, 3.05) is 30.4 Å². The molecule has 0 unspecified atom stereocenters. The van der Waals surface area contributed by atoms with Gasteiger partial charge in [-0.1, -0.05) is 11.6 Å². The lowest BCUT2D eigenvalue weighted by atomic mass is 9.99. The van der Waals surface area contributed by atoms with Crippen molar-refractivity contribution < 1.29 is 9.13 Å². The van der Waals surface area contributed by atoms with Gasteiger partial charge in [-0.15, -0.1) is 0 Å². The van der Waals surface area contributed by atoms with Gasteiger partial charge in [0, 0.05) is 46.7 Å². The first kappa shape index (κ1) is 20.4. The van der Waals surface area contributed by atoms with E-state index in [0.29, 0.717) is 41.0 Å². The third-order valence-electron chi connectivity index (χ3n) is 5.12. The van der Waals surface area contributed by atoms with Gasteiger partial charge in [0.05, 0.1) is 17.9 Å². The van der Waals surface area contributed by atoms with E-state index in [0.717, 1.165) is 16.8 Å². The highest BCUT2D eigenvalue weighted by Crippen LogP contribution is 2.44. The number of hydrogen-bond donors (Lipinski definition) is 1. The summed E-state index contributed by atoms with van der Waals surface area (Å²) in [6.45, 7) is 7.61. The second-order valence-electron chi connectivity index (χ2n) is 8.22. The maximum Gasteiger partial charge on any atom is 0.173 e. The number of ether oxygens (including phenoxy) is 1. The molecule has 156 valence electrons. The molecule has 0 saturated heterocycles. The highest BCUT2D eigenvalue weighted by Gasteiger charge is 2.32. The SMILES string of the molecule is CNc1cncc(-c2cc(-c3cc(Cl)ccc3F)nc3c2OCCN3C(C)(C)C)c1. The average molecular weight is 427 g/mol. The molecule has 3 heterocycles. The molecule has 30 heavy (non-hydrogen) atoms. The van der Waals surface area contributed by atoms with Crippen molar-refractivity contribution in [1.82, 2.24) is 9.97 Å². The third-order valence-corrected chi connectivity index (χ3v) is 5.36. The first-order chi connectivity index (χ1) is 14.3. The van der Waals surface area contributed by atoms with Gasteiger partial charge in [-0.3, -0.25) is 4.98 Å². The van der Waals surface area contributed by atoms with Gasteiger partial charge in [-0.05, 0) is 51.1 Å². The fourth-order valence-corrected chi connectivity index (χ4v) is 3.79. The quantitative estimate of drug-likeness (QED) is 0.587. The molecule has 0 fully saturated rings. The summed E-state index contributed by atoms with van der Waals surface area (Å²) in [6, 6.07) is 8.32. The molecule has 1 aliphatic rings. The molecular formula is C23H24ClFN4O. The van der Waals surface area contributed by atoms with Crippen molar-refractivity contribution in [3.8, 4) is 28.1 Å². The van der Waals surface area contributed by atoms with Crippen molar-refractivity contribution in [3.63, 3.8) is 0 Å². The van der Waals surface area contributed by atoms with Gasteiger partial charge in [0.2, 0.25) is 0 Å². The van der Waals surface area contributed by atoms with Crippen LogP contribution in [0.15, 0.2) is 42.7 Å². The Morgan fingerprint density at radius 3 is 2.67 bits per heavy atom. The number of pyridine rings is 2. The minimum atomic E-state index is -0.376. The van der Waals surface area contributed by atoms with Crippen LogP contribution in [-0.4, -0.2) is 35.7 Å². The van der Waals surface area contributed by atoms with Crippen molar-refractivity contribution in [2.45, 2.75) is 26.3 Å². The van der Waals surface area contributed by atoms with Crippen LogP contribution >= 0.6 is 11.6 Å². The molecular weight excluding hydrogens is 403 g/mol. The van der Waals surface area contributed by atoms with E-state index in [4.69, 9.17) is 21.3 Å². The number of nitrogens with zero attached hydrogens (tertiary/aromatic N) is 3. The summed E-state index contributed by atoms with van der Waals surface area (Å²) in [7, 11) is 1.84. The third kappa shape index (κ3) is 3.79. The Balaban J connectivity index is 2.00. The summed E-state index contributed by atoms with van der Waals surface area (Å²) < 4.78 is 20.8. The number of fused-ring (bicyclic) bond motifs is 1. The van der Waals surface area contributed by atoms with E-state index in [2.05, 4.69) is 36.0 Å². The Labute approximate surface area is 180 Å². The Morgan fingerprint density at radius 2 is 1.93 bits per heavy atom. The van der Waals surface area contributed by atoms with Gasteiger partial charge in [0.15, 0.2) is 11.6 Å². The lowest BCUT2D eigenvalue weighted by molar-refractivity contribution is 0.288. The van der Waals surface area contributed by atoms with Crippen LogP contribution in [0.5, 0.6) is 5.75 Å². The molecule has 2 aromatic heterocycles. The van der Waals surface area contributed by atoms with Gasteiger partial charge in [-0.2, -0.15) is 0 Å². The molecule has 0 bridgehead atoms. The van der Waals surface area contributed by atoms with Gasteiger partial charge in [-0.25, -0.2) is 9.37 Å². The monoisotopic (exact) mass is 426 g/mol. The van der Waals surface area contributed by atoms with Crippen LogP contribution in [0.3, 0.4) is 0 Å². The van der Waals surface area contributed by atoms with Gasteiger partial charge in [0.1, 0.15) is 12.4 Å². The smallest absolute Gasteiger partial charge is 0.173 e. The number of rotatable bonds is 3. The minimum Gasteiger partial charge on any atom is -0.487 e. The van der Waals surface area contributed by atoms with Gasteiger partial charge < -0.3 is 15.0 Å². The van der Waals surface area contributed by atoms with E-state index in [9.17, 15) is 4.39 Å². The number of anilines is 2. The van der Waals surface area contributed by atoms with Gasteiger partial charge >= 0.3 is 0 Å². The fourth-order valence-electron chi connectivity index (χ4n) is 3.61. The normalized spacial score (nSPS) is 13.6. The summed E-state index contributed by atoms with van der Waals surface area (Å²) in [5.41, 5.74) is 3.21. The number of nitrogens with one attached hydrogen (secondary N) is 1. The molecule has 5 nitrogen and oxygen atoms in total. The first-order valence-electron chi connectivity index (χ1n) is 9.82. The summed E-state index contributed by atoms with van der Waals surface area (Å²) in [6.07, 6.45) is 3.52. The highest BCUT2D eigenvalue weighted by molar-refractivity contribution is 6.30. The Morgan fingerprint density at radius 1 is 1.13 bits per heavy atom. The van der Waals surface area contributed by atoms with Crippen LogP contribution in [0.4, 0.5) is 15.9 Å². The zero-order valence-electron chi connectivity index (χ0n) is 17.5. The predicted molar refractivity (Wildman–Crippen MR) is 120 cm³/mol. The number of hydrogen-bond acceptors (Lipinski definition) is 5. The molecule has 3 aromatic rings. The molecule has 1 aliphatic heterocycles. The van der Waals surface area contributed by atoms with E-state index < -0.39 is 0 Å². The van der Waals surface area contributed by atoms with E-state index >= 15 is 0 Å². The standard InChI is InChI=1S/C23H24ClFN4O/c1-23(2,3)29-7-8-30-21-17(14-9-16(26-4)13-27-12-14)11-20(28-22(21)29)18-10-15(24)5-6-19(18)25/h5-6,9-13,26H,7-8H2,1-4H3. The molecule has 0 atom stereocenters. The van der Waals surface area contributed by atoms with E-state index in [1.807, 2.05) is 19.2 Å². The van der Waals surface area contributed by atoms with Crippen LogP contribution in [0.2, 0.25) is 5.02 Å². The minimum absolute atomic E-state index is 0.181. The molecule has 1 N–H and O–H groups in total. The van der Waals surface area contributed by atoms with Crippen molar-refractivity contribution in [2.24, 2.45) is 0 Å². The number of aromatic nitrogens is 2. The predicted octanol–water partition coefficient (Wildman–Crippen LogP) is 5.64. The van der Waals surface area contributed by atoms with Crippen LogP contribution in [-0.2, 0) is 0 Å². The summed E-state index contributed by atoms with van der Waals surface area (Å²) in [5, 5.41) is 3.56. The number of benzene rings is 1. The van der Waals surface area contributed by atoms with Crippen LogP contribution in [0.25, 0.3) is 22.4 Å². The zero-order chi connectivity index (χ0) is 21.5. The molecule has 7 heteroatoms. The van der Waals surface area contributed by atoms with Crippen LogP contribution in [0.1, 0.15) is 20.8 Å². The summed E-state index contributed by atoms with van der Waals surface area (Å²) >= 11 is 6.16. The summed E-state index contributed by atoms with van der Waals surface area (Å²) in [5.74, 6) is 0.992. The fraction of sp³-hybridized carbons (Fsp3) is 0.304. The van der Waals surface area contributed by atoms with Gasteiger partial charge in [0.25, 0.3) is 0 Å². The van der Waals surface area contributed by atoms with Crippen LogP contribution in [0, 0.1) is 5.82 Å². The molecule has 0 amide bonds. The molecule has 1 aromatic carbocycles. The average Bonchev–Trinajstić information content (AvgIpc) is 2.73. The lowest BCUT2D eigenvalue weighted by Crippen LogP contribution is -2.46. The second-order valence-corrected chi connectivity index (χ2v) is 8.65. The van der Waals surface area contributed by atoms with E-state index in [-0.39, 0.29) is 11.4 Å². The highest BCUT2D eigenvalue weighted by atomic mass is 35.5. The largest absolute Gasteiger partial charge is 0.487 e. The maximum atomic E-state index is 14.7. The Kier molecular flexibility index (Phi) is 5.28. The molecule has 4 rings (SSSR count). The van der Waals surface area contributed by atoms with Crippen molar-refractivity contribution in [1.29, 1.82) is 0 Å². The second kappa shape index (κ2) is 7.76. The molecule has 0 spiro atoms. The molecule has 0 saturated carbocycles. The van der Waals surface area contributed by atoms with Crippen molar-refractivity contribution in [3.05, 3.63) is 53.6 Å². The first-order valence-corrected chi connectivity index (χ1v) is 10.2. The van der Waals surface area contributed by atoms with E-state index in [1.54, 1.807) is 18.5 Å². The molecule has 0 aliphatic carbocycles. The Hall–Kier alpha value is -2.86. The van der Waals surface area contributed by atoms with Crippen molar-refractivity contribution >= 4 is 23.1 Å². The Bertz CT molecular complexity index is 1100. The van der Waals surface area contributed by atoms with E-state index in [1.165, 1.54) is 12.1 Å². The maximum absolute atomic E-state index is 14.7.